The number of halogens is 2. The Bertz CT molecular complexity index is 457. The molecule has 1 aromatic rings. The number of rotatable bonds is 3. The first-order valence-electron chi connectivity index (χ1n) is 5.15. The summed E-state index contributed by atoms with van der Waals surface area (Å²) in [6, 6.07) is 8.03. The van der Waals surface area contributed by atoms with Crippen molar-refractivity contribution in [1.82, 2.24) is 0 Å². The third kappa shape index (κ3) is 3.10. The summed E-state index contributed by atoms with van der Waals surface area (Å²) in [5.41, 5.74) is 2.68. The van der Waals surface area contributed by atoms with Gasteiger partial charge in [-0.3, -0.25) is 0 Å². The molecule has 84 valence electrons. The van der Waals surface area contributed by atoms with E-state index < -0.39 is 0 Å². The molecule has 1 rings (SSSR count). The van der Waals surface area contributed by atoms with Gasteiger partial charge in [-0.05, 0) is 36.6 Å². The molecule has 0 amide bonds. The summed E-state index contributed by atoms with van der Waals surface area (Å²) in [5, 5.41) is 9.58. The third-order valence-corrected chi connectivity index (χ3v) is 3.65. The van der Waals surface area contributed by atoms with Crippen LogP contribution < -0.4 is 0 Å². The molecule has 0 aromatic heterocycles. The first-order valence-corrected chi connectivity index (χ1v) is 6.32. The Labute approximate surface area is 110 Å². The van der Waals surface area contributed by atoms with Crippen molar-refractivity contribution in [2.45, 2.75) is 26.7 Å². The second-order valence-electron chi connectivity index (χ2n) is 3.62. The molecule has 1 nitrogen and oxygen atoms in total. The maximum Gasteiger partial charge on any atom is 0.0962 e. The molecule has 0 aliphatic carbocycles. The minimum absolute atomic E-state index is 0.569. The monoisotopic (exact) mass is 297 g/mol. The summed E-state index contributed by atoms with van der Waals surface area (Å²) in [6.07, 6.45) is 1.65. The van der Waals surface area contributed by atoms with Crippen LogP contribution in [0.3, 0.4) is 0 Å². The van der Waals surface area contributed by atoms with Gasteiger partial charge in [0.05, 0.1) is 11.1 Å². The predicted molar refractivity (Wildman–Crippen MR) is 72.2 cm³/mol. The summed E-state index contributed by atoms with van der Waals surface area (Å²) >= 11 is 9.66. The molecular weight excluding hydrogens is 286 g/mol. The van der Waals surface area contributed by atoms with Crippen molar-refractivity contribution in [3.63, 3.8) is 0 Å². The predicted octanol–water partition coefficient (Wildman–Crippen LogP) is 5.03. The van der Waals surface area contributed by atoms with Crippen LogP contribution in [0.2, 0.25) is 0 Å². The van der Waals surface area contributed by atoms with E-state index in [1.807, 2.05) is 32.0 Å². The van der Waals surface area contributed by atoms with E-state index in [2.05, 4.69) is 22.0 Å². The molecule has 3 heteroatoms. The van der Waals surface area contributed by atoms with Crippen molar-refractivity contribution in [2.75, 3.05) is 0 Å². The van der Waals surface area contributed by atoms with Crippen LogP contribution in [0.1, 0.15) is 30.9 Å². The molecule has 0 saturated carbocycles. The van der Waals surface area contributed by atoms with Crippen LogP contribution in [0, 0.1) is 18.3 Å². The smallest absolute Gasteiger partial charge is 0.0962 e. The highest BCUT2D eigenvalue weighted by Gasteiger charge is 2.07. The molecule has 0 bridgehead atoms. The van der Waals surface area contributed by atoms with Gasteiger partial charge in [0.2, 0.25) is 0 Å². The van der Waals surface area contributed by atoms with Gasteiger partial charge in [0.15, 0.2) is 0 Å². The fraction of sp³-hybridized carbons (Fsp3) is 0.308. The van der Waals surface area contributed by atoms with Gasteiger partial charge in [-0.15, -0.1) is 0 Å². The zero-order valence-corrected chi connectivity index (χ0v) is 11.7. The Morgan fingerprint density at radius 2 is 2.19 bits per heavy atom. The molecule has 0 fully saturated rings. The lowest BCUT2D eigenvalue weighted by Crippen LogP contribution is -1.87. The Morgan fingerprint density at radius 3 is 2.69 bits per heavy atom. The van der Waals surface area contributed by atoms with Gasteiger partial charge in [-0.25, -0.2) is 0 Å². The van der Waals surface area contributed by atoms with E-state index >= 15 is 0 Å². The minimum Gasteiger partial charge on any atom is -0.193 e. The molecular formula is C13H13BrClN. The van der Waals surface area contributed by atoms with E-state index in [-0.39, 0.29) is 0 Å². The topological polar surface area (TPSA) is 23.8 Å². The number of nitrogens with zero attached hydrogens (tertiary/aromatic N) is 1. The fourth-order valence-corrected chi connectivity index (χ4v) is 1.92. The molecule has 0 saturated heterocycles. The second-order valence-corrected chi connectivity index (χ2v) is 4.85. The van der Waals surface area contributed by atoms with Crippen LogP contribution >= 0.6 is 27.5 Å². The Hall–Kier alpha value is -0.780. The van der Waals surface area contributed by atoms with Crippen LogP contribution in [-0.2, 0) is 0 Å². The first-order chi connectivity index (χ1) is 7.60. The highest BCUT2D eigenvalue weighted by Crippen LogP contribution is 2.28. The molecule has 16 heavy (non-hydrogen) atoms. The summed E-state index contributed by atoms with van der Waals surface area (Å²) in [7, 11) is 0. The molecule has 0 unspecified atom stereocenters. The van der Waals surface area contributed by atoms with Gasteiger partial charge < -0.3 is 0 Å². The number of allylic oxidation sites excluding steroid dienone is 1. The van der Waals surface area contributed by atoms with Crippen molar-refractivity contribution >= 4 is 32.6 Å². The van der Waals surface area contributed by atoms with Gasteiger partial charge in [-0.1, -0.05) is 46.9 Å². The normalized spacial score (nSPS) is 11.9. The SMILES string of the molecule is CCC/C(C#N)=C(/Cl)c1ccc(Br)c(C)c1. The van der Waals surface area contributed by atoms with Crippen LogP contribution in [-0.4, -0.2) is 0 Å². The van der Waals surface area contributed by atoms with Gasteiger partial charge in [0, 0.05) is 10.0 Å². The van der Waals surface area contributed by atoms with Crippen LogP contribution in [0.15, 0.2) is 28.2 Å². The highest BCUT2D eigenvalue weighted by atomic mass is 79.9. The Morgan fingerprint density at radius 1 is 1.50 bits per heavy atom. The standard InChI is InChI=1S/C13H13BrClN/c1-3-4-11(8-16)13(15)10-5-6-12(14)9(2)7-10/h5-7H,3-4H2,1-2H3/b13-11-. The summed E-state index contributed by atoms with van der Waals surface area (Å²) < 4.78 is 1.05. The molecule has 0 spiro atoms. The lowest BCUT2D eigenvalue weighted by molar-refractivity contribution is 0.933. The number of hydrogen-bond acceptors (Lipinski definition) is 1. The number of aryl methyl sites for hydroxylation is 1. The van der Waals surface area contributed by atoms with E-state index in [9.17, 15) is 0 Å². The molecule has 0 N–H and O–H groups in total. The van der Waals surface area contributed by atoms with Crippen molar-refractivity contribution in [2.24, 2.45) is 0 Å². The van der Waals surface area contributed by atoms with Crippen molar-refractivity contribution in [3.8, 4) is 6.07 Å². The Kier molecular flexibility index (Phi) is 5.05. The molecule has 0 heterocycles. The largest absolute Gasteiger partial charge is 0.193 e. The van der Waals surface area contributed by atoms with Crippen molar-refractivity contribution in [3.05, 3.63) is 39.4 Å². The number of nitriles is 1. The summed E-state index contributed by atoms with van der Waals surface area (Å²) in [5.74, 6) is 0. The fourth-order valence-electron chi connectivity index (χ4n) is 1.42. The van der Waals surface area contributed by atoms with E-state index in [1.54, 1.807) is 0 Å². The van der Waals surface area contributed by atoms with Crippen LogP contribution in [0.5, 0.6) is 0 Å². The molecule has 0 radical (unpaired) electrons. The van der Waals surface area contributed by atoms with Gasteiger partial charge in [0.25, 0.3) is 0 Å². The quantitative estimate of drug-likeness (QED) is 0.718. The van der Waals surface area contributed by atoms with Crippen LogP contribution in [0.25, 0.3) is 5.03 Å². The lowest BCUT2D eigenvalue weighted by Gasteiger charge is -2.05. The minimum atomic E-state index is 0.569. The maximum absolute atomic E-state index is 9.01. The molecule has 0 aliphatic heterocycles. The Balaban J connectivity index is 3.17. The summed E-state index contributed by atoms with van der Waals surface area (Å²) in [4.78, 5) is 0. The lowest BCUT2D eigenvalue weighted by atomic mass is 10.1. The molecule has 1 aromatic carbocycles. The number of hydrogen-bond donors (Lipinski definition) is 0. The van der Waals surface area contributed by atoms with Crippen molar-refractivity contribution in [1.29, 1.82) is 5.26 Å². The van der Waals surface area contributed by atoms with Crippen LogP contribution in [0.4, 0.5) is 0 Å². The zero-order chi connectivity index (χ0) is 12.1. The van der Waals surface area contributed by atoms with E-state index in [1.165, 1.54) is 0 Å². The van der Waals surface area contributed by atoms with Gasteiger partial charge in [0.1, 0.15) is 0 Å². The second kappa shape index (κ2) is 6.08. The van der Waals surface area contributed by atoms with E-state index in [0.717, 1.165) is 28.4 Å². The first kappa shape index (κ1) is 13.3. The molecule has 0 aliphatic rings. The van der Waals surface area contributed by atoms with E-state index in [0.29, 0.717) is 10.6 Å². The van der Waals surface area contributed by atoms with Gasteiger partial charge >= 0.3 is 0 Å². The van der Waals surface area contributed by atoms with Crippen molar-refractivity contribution < 1.29 is 0 Å². The average molecular weight is 299 g/mol. The summed E-state index contributed by atoms with van der Waals surface area (Å²) in [6.45, 7) is 4.04. The molecule has 0 atom stereocenters. The maximum atomic E-state index is 9.01. The highest BCUT2D eigenvalue weighted by molar-refractivity contribution is 9.10. The third-order valence-electron chi connectivity index (χ3n) is 2.31. The van der Waals surface area contributed by atoms with Gasteiger partial charge in [-0.2, -0.15) is 5.26 Å². The zero-order valence-electron chi connectivity index (χ0n) is 9.35. The number of benzene rings is 1. The van der Waals surface area contributed by atoms with E-state index in [4.69, 9.17) is 16.9 Å². The average Bonchev–Trinajstić information content (AvgIpc) is 2.28.